The van der Waals surface area contributed by atoms with Crippen LogP contribution in [0, 0.1) is 12.7 Å². The molecule has 3 aromatic heterocycles. The third-order valence-electron chi connectivity index (χ3n) is 4.78. The molecule has 0 unspecified atom stereocenters. The standard InChI is InChI=1S/C23H20FN5O4S/c1-13-8-16(20-18(24)4-3-5-19(20)32-2)17(10-26-13)21(31)27-22-28-29-23(34-22)33-12-15-9-14(11-30)6-7-25-15/h3-10,30H,11-12H2,1-2H3,(H,27,28,31). The van der Waals surface area contributed by atoms with Crippen molar-refractivity contribution in [1.29, 1.82) is 0 Å². The van der Waals surface area contributed by atoms with Gasteiger partial charge in [-0.15, -0.1) is 5.10 Å². The van der Waals surface area contributed by atoms with Crippen LogP contribution in [0.15, 0.2) is 48.8 Å². The van der Waals surface area contributed by atoms with Crippen LogP contribution in [0.25, 0.3) is 11.1 Å². The Morgan fingerprint density at radius 1 is 1.21 bits per heavy atom. The number of ether oxygens (including phenoxy) is 2. The predicted octanol–water partition coefficient (Wildman–Crippen LogP) is 3.77. The number of nitrogens with one attached hydrogen (secondary N) is 1. The topological polar surface area (TPSA) is 119 Å². The molecule has 2 N–H and O–H groups in total. The van der Waals surface area contributed by atoms with E-state index < -0.39 is 11.7 Å². The molecule has 1 amide bonds. The highest BCUT2D eigenvalue weighted by Gasteiger charge is 2.21. The third-order valence-corrected chi connectivity index (χ3v) is 5.54. The van der Waals surface area contributed by atoms with E-state index in [1.54, 1.807) is 37.4 Å². The molecule has 4 rings (SSSR count). The molecule has 11 heteroatoms. The lowest BCUT2D eigenvalue weighted by Crippen LogP contribution is -2.14. The van der Waals surface area contributed by atoms with Gasteiger partial charge in [0, 0.05) is 23.7 Å². The molecule has 0 saturated heterocycles. The van der Waals surface area contributed by atoms with Crippen molar-refractivity contribution in [2.75, 3.05) is 12.4 Å². The Morgan fingerprint density at radius 2 is 2.06 bits per heavy atom. The fourth-order valence-corrected chi connectivity index (χ4v) is 3.80. The van der Waals surface area contributed by atoms with Gasteiger partial charge in [-0.25, -0.2) is 4.39 Å². The molecule has 1 aromatic carbocycles. The maximum absolute atomic E-state index is 14.7. The van der Waals surface area contributed by atoms with E-state index >= 15 is 0 Å². The van der Waals surface area contributed by atoms with E-state index in [4.69, 9.17) is 9.47 Å². The molecule has 4 aromatic rings. The molecule has 0 radical (unpaired) electrons. The van der Waals surface area contributed by atoms with Gasteiger partial charge in [-0.05, 0) is 54.2 Å². The number of pyridine rings is 2. The van der Waals surface area contributed by atoms with Crippen LogP contribution < -0.4 is 14.8 Å². The third kappa shape index (κ3) is 5.16. The summed E-state index contributed by atoms with van der Waals surface area (Å²) in [5.74, 6) is -0.762. The molecule has 0 fully saturated rings. The molecule has 0 spiro atoms. The largest absolute Gasteiger partial charge is 0.496 e. The summed E-state index contributed by atoms with van der Waals surface area (Å²) < 4.78 is 25.6. The van der Waals surface area contributed by atoms with Crippen LogP contribution >= 0.6 is 11.3 Å². The van der Waals surface area contributed by atoms with Gasteiger partial charge in [0.15, 0.2) is 0 Å². The number of aromatic nitrogens is 4. The summed E-state index contributed by atoms with van der Waals surface area (Å²) in [6.45, 7) is 1.77. The highest BCUT2D eigenvalue weighted by molar-refractivity contribution is 7.17. The van der Waals surface area contributed by atoms with Gasteiger partial charge in [0.05, 0.1) is 30.5 Å². The van der Waals surface area contributed by atoms with Crippen molar-refractivity contribution in [3.63, 3.8) is 0 Å². The smallest absolute Gasteiger partial charge is 0.296 e. The number of aryl methyl sites for hydroxylation is 1. The number of amides is 1. The first-order valence-electron chi connectivity index (χ1n) is 10.1. The number of halogens is 1. The van der Waals surface area contributed by atoms with E-state index in [1.807, 2.05) is 0 Å². The van der Waals surface area contributed by atoms with E-state index in [1.165, 1.54) is 25.4 Å². The van der Waals surface area contributed by atoms with Crippen molar-refractivity contribution in [2.45, 2.75) is 20.1 Å². The van der Waals surface area contributed by atoms with Gasteiger partial charge < -0.3 is 14.6 Å². The Labute approximate surface area is 198 Å². The van der Waals surface area contributed by atoms with Crippen molar-refractivity contribution in [3.05, 3.63) is 77.1 Å². The Balaban J connectivity index is 1.53. The van der Waals surface area contributed by atoms with Gasteiger partial charge in [0.1, 0.15) is 18.2 Å². The number of rotatable bonds is 8. The molecule has 0 bridgehead atoms. The molecule has 0 saturated carbocycles. The zero-order chi connectivity index (χ0) is 24.1. The highest BCUT2D eigenvalue weighted by Crippen LogP contribution is 2.35. The molecule has 9 nitrogen and oxygen atoms in total. The lowest BCUT2D eigenvalue weighted by molar-refractivity contribution is 0.102. The first-order chi connectivity index (χ1) is 16.5. The Morgan fingerprint density at radius 3 is 2.85 bits per heavy atom. The van der Waals surface area contributed by atoms with Crippen LogP contribution in [0.1, 0.15) is 27.3 Å². The average molecular weight is 482 g/mol. The maximum atomic E-state index is 14.7. The van der Waals surface area contributed by atoms with E-state index in [0.29, 0.717) is 28.3 Å². The van der Waals surface area contributed by atoms with Crippen LogP contribution in [-0.2, 0) is 13.2 Å². The summed E-state index contributed by atoms with van der Waals surface area (Å²) in [7, 11) is 1.43. The van der Waals surface area contributed by atoms with Crippen molar-refractivity contribution in [2.24, 2.45) is 0 Å². The Bertz CT molecular complexity index is 1330. The average Bonchev–Trinajstić information content (AvgIpc) is 3.29. The zero-order valence-electron chi connectivity index (χ0n) is 18.3. The monoisotopic (exact) mass is 481 g/mol. The number of carbonyl (C=O) groups is 1. The van der Waals surface area contributed by atoms with Gasteiger partial charge in [-0.3, -0.25) is 20.1 Å². The summed E-state index contributed by atoms with van der Waals surface area (Å²) in [5.41, 5.74) is 2.60. The first-order valence-corrected chi connectivity index (χ1v) is 10.9. The lowest BCUT2D eigenvalue weighted by Gasteiger charge is -2.14. The second-order valence-corrected chi connectivity index (χ2v) is 8.06. The molecule has 34 heavy (non-hydrogen) atoms. The minimum absolute atomic E-state index is 0.0981. The van der Waals surface area contributed by atoms with E-state index in [2.05, 4.69) is 25.5 Å². The molecule has 0 aliphatic rings. The second-order valence-electron chi connectivity index (χ2n) is 7.12. The fourth-order valence-electron chi connectivity index (χ4n) is 3.21. The summed E-state index contributed by atoms with van der Waals surface area (Å²) in [4.78, 5) is 21.4. The minimum Gasteiger partial charge on any atom is -0.496 e. The molecule has 174 valence electrons. The zero-order valence-corrected chi connectivity index (χ0v) is 19.1. The summed E-state index contributed by atoms with van der Waals surface area (Å²) >= 11 is 1.03. The van der Waals surface area contributed by atoms with Crippen LogP contribution in [0.4, 0.5) is 9.52 Å². The number of nitrogens with zero attached hydrogens (tertiary/aromatic N) is 4. The Hall–Kier alpha value is -3.96. The fraction of sp³-hybridized carbons (Fsp3) is 0.174. The quantitative estimate of drug-likeness (QED) is 0.390. The van der Waals surface area contributed by atoms with Gasteiger partial charge in [-0.2, -0.15) is 0 Å². The van der Waals surface area contributed by atoms with Crippen LogP contribution in [0.3, 0.4) is 0 Å². The number of aliphatic hydroxyl groups is 1. The normalized spacial score (nSPS) is 10.7. The maximum Gasteiger partial charge on any atom is 0.296 e. The van der Waals surface area contributed by atoms with Gasteiger partial charge in [0.25, 0.3) is 11.1 Å². The highest BCUT2D eigenvalue weighted by atomic mass is 32.1. The number of aliphatic hydroxyl groups excluding tert-OH is 1. The molecule has 3 heterocycles. The van der Waals surface area contributed by atoms with E-state index in [0.717, 1.165) is 11.3 Å². The summed E-state index contributed by atoms with van der Waals surface area (Å²) in [6.07, 6.45) is 2.96. The van der Waals surface area contributed by atoms with E-state index in [9.17, 15) is 14.3 Å². The summed E-state index contributed by atoms with van der Waals surface area (Å²) in [6, 6.07) is 9.49. The SMILES string of the molecule is COc1cccc(F)c1-c1cc(C)ncc1C(=O)Nc1nnc(OCc2cc(CO)ccn2)s1. The second kappa shape index (κ2) is 10.3. The van der Waals surface area contributed by atoms with Gasteiger partial charge >= 0.3 is 0 Å². The van der Waals surface area contributed by atoms with Crippen LogP contribution in [0.2, 0.25) is 0 Å². The Kier molecular flexibility index (Phi) is 7.04. The predicted molar refractivity (Wildman–Crippen MR) is 123 cm³/mol. The van der Waals surface area contributed by atoms with Crippen molar-refractivity contribution in [1.82, 2.24) is 20.2 Å². The molecular formula is C23H20FN5O4S. The number of methoxy groups -OCH3 is 1. The molecule has 0 atom stereocenters. The summed E-state index contributed by atoms with van der Waals surface area (Å²) in [5, 5.41) is 20.1. The number of carbonyl (C=O) groups excluding carboxylic acids is 1. The number of benzene rings is 1. The number of anilines is 1. The van der Waals surface area contributed by atoms with Crippen LogP contribution in [-0.4, -0.2) is 38.3 Å². The lowest BCUT2D eigenvalue weighted by atomic mass is 9.98. The molecule has 0 aliphatic heterocycles. The molecule has 0 aliphatic carbocycles. The van der Waals surface area contributed by atoms with Crippen molar-refractivity contribution >= 4 is 22.4 Å². The molecular weight excluding hydrogens is 461 g/mol. The van der Waals surface area contributed by atoms with Crippen molar-refractivity contribution < 1.29 is 23.8 Å². The first kappa shape index (κ1) is 23.2. The number of hydrogen-bond donors (Lipinski definition) is 2. The van der Waals surface area contributed by atoms with E-state index in [-0.39, 0.29) is 34.7 Å². The van der Waals surface area contributed by atoms with Gasteiger partial charge in [-0.1, -0.05) is 11.2 Å². The van der Waals surface area contributed by atoms with Gasteiger partial charge in [0.2, 0.25) is 5.13 Å². The van der Waals surface area contributed by atoms with Crippen LogP contribution in [0.5, 0.6) is 10.9 Å². The minimum atomic E-state index is -0.534. The number of hydrogen-bond acceptors (Lipinski definition) is 9. The van der Waals surface area contributed by atoms with Crippen molar-refractivity contribution in [3.8, 4) is 22.1 Å².